The van der Waals surface area contributed by atoms with Crippen LogP contribution in [0.1, 0.15) is 144 Å². The molecule has 2 aromatic rings. The zero-order valence-corrected chi connectivity index (χ0v) is 51.9. The molecule has 1 amide bonds. The number of fused-ring (bicyclic) bond motifs is 8. The molecule has 1 spiro atoms. The SMILES string of the molecule is CO[C@H]1C[C@@H]2CC[C@@H](C)[C@@](O)(O2)C(=O)C(=O)N2CCCC[C@H]2C(=O)O[C@H]([C@H](C)C[C@@H]2CC[C@@H](OC(=O)C3(C)COC4(OC3)c3ccccc3-c3ccccc34)[C@H](OC)C2)CC(=O)[C@H](C)/C=C(\C)[C@@H](O)[C@@H](C=O)C(=O)[C@H](C)C[C@H](C)/C=C/C=CC=C1C. The number of Topliss-reactive ketones (excluding diaryl/α,β-unsaturated/α-hetero) is 3. The molecule has 0 radical (unpaired) electrons. The molecule has 2 aromatic carbocycles. The van der Waals surface area contributed by atoms with Crippen LogP contribution in [0.3, 0.4) is 0 Å². The second kappa shape index (κ2) is 28.6. The first kappa shape index (κ1) is 66.2. The van der Waals surface area contributed by atoms with Gasteiger partial charge in [-0.05, 0) is 125 Å². The van der Waals surface area contributed by atoms with Crippen LogP contribution in [0.4, 0.5) is 0 Å². The molecule has 15 atom stereocenters. The van der Waals surface area contributed by atoms with Gasteiger partial charge in [-0.15, -0.1) is 0 Å². The van der Waals surface area contributed by atoms with Gasteiger partial charge in [0, 0.05) is 62.5 Å². The number of esters is 2. The molecule has 2 aliphatic carbocycles. The van der Waals surface area contributed by atoms with Crippen LogP contribution < -0.4 is 0 Å². The minimum atomic E-state index is -2.48. The molecule has 6 aliphatic rings. The number of cyclic esters (lactones) is 1. The van der Waals surface area contributed by atoms with Crippen LogP contribution in [0.5, 0.6) is 0 Å². The number of methoxy groups -OCH3 is 2. The van der Waals surface area contributed by atoms with Crippen LogP contribution in [0, 0.1) is 46.8 Å². The smallest absolute Gasteiger partial charge is 0.329 e. The Hall–Kier alpha value is -5.79. The molecule has 0 aromatic heterocycles. The van der Waals surface area contributed by atoms with Gasteiger partial charge in [0.2, 0.25) is 11.6 Å². The van der Waals surface area contributed by atoms with E-state index in [1.54, 1.807) is 48.8 Å². The second-order valence-electron chi connectivity index (χ2n) is 25.8. The predicted molar refractivity (Wildman–Crippen MR) is 320 cm³/mol. The fraction of sp³-hybridized carbons (Fsp3) is 0.609. The van der Waals surface area contributed by atoms with E-state index in [-0.39, 0.29) is 62.2 Å². The molecule has 0 unspecified atom stereocenters. The Labute approximate surface area is 507 Å². The summed E-state index contributed by atoms with van der Waals surface area (Å²) in [6.07, 6.45) is 11.1. The molecule has 4 heterocycles. The van der Waals surface area contributed by atoms with E-state index in [2.05, 4.69) is 0 Å². The van der Waals surface area contributed by atoms with E-state index in [1.807, 2.05) is 99.7 Å². The van der Waals surface area contributed by atoms with Gasteiger partial charge in [0.05, 0.1) is 37.6 Å². The van der Waals surface area contributed by atoms with Gasteiger partial charge in [-0.1, -0.05) is 120 Å². The molecule has 2 N–H and O–H groups in total. The number of piperidine rings is 1. The van der Waals surface area contributed by atoms with E-state index in [0.29, 0.717) is 64.1 Å². The summed E-state index contributed by atoms with van der Waals surface area (Å²) in [6, 6.07) is 14.7. The van der Waals surface area contributed by atoms with Crippen LogP contribution in [-0.4, -0.2) is 139 Å². The third kappa shape index (κ3) is 14.4. The van der Waals surface area contributed by atoms with Crippen LogP contribution >= 0.6 is 0 Å². The van der Waals surface area contributed by atoms with Crippen molar-refractivity contribution >= 4 is 41.5 Å². The largest absolute Gasteiger partial charge is 0.460 e. The number of carbonyl (C=O) groups is 7. The van der Waals surface area contributed by atoms with Crippen molar-refractivity contribution in [2.75, 3.05) is 34.0 Å². The van der Waals surface area contributed by atoms with Crippen molar-refractivity contribution in [1.82, 2.24) is 4.90 Å². The molecule has 2 bridgehead atoms. The molecule has 4 aliphatic heterocycles. The van der Waals surface area contributed by atoms with Crippen molar-refractivity contribution in [3.63, 3.8) is 0 Å². The summed E-state index contributed by atoms with van der Waals surface area (Å²) in [5, 5.41) is 23.6. The number of ketones is 3. The molecule has 17 heteroatoms. The number of ether oxygens (including phenoxy) is 7. The zero-order chi connectivity index (χ0) is 62.3. The van der Waals surface area contributed by atoms with Crippen LogP contribution in [0.2, 0.25) is 0 Å². The standard InChI is InChI=1S/C69H91NO16/c1-41-20-12-11-13-21-42(2)58(80-9)36-49-29-27-47(7)68(79,86-49)63(75)64(76)70-31-19-18-26-55(70)65(77)84-59(37-56(72)43(3)33-46(6)62(74)52(38-71)61(73)45(5)32-41)44(4)34-48-28-30-57(60(35-48)81-10)85-66(78)67(8)39-82-69(83-40-67)53-24-16-14-22-50(53)51-23-15-17-25-54(51)69/h11-17,20-25,33,38,41,43-45,47-49,52,55,57-60,62,74,79H,18-19,26-32,34-37,39-40H2,1-10H3/b13-11?,20-12+,42-21?,46-33+/t41-,43-,44-,45-,47-,48+,49+,52+,55+,57-,58+,59+,60-,62-,68-/m1/s1. The number of allylic oxidation sites excluding steroid dienone is 6. The normalized spacial score (nSPS) is 34.8. The van der Waals surface area contributed by atoms with Crippen LogP contribution in [0.25, 0.3) is 11.1 Å². The lowest BCUT2D eigenvalue weighted by Gasteiger charge is -2.44. The minimum Gasteiger partial charge on any atom is -0.460 e. The number of nitrogens with zero attached hydrogens (tertiary/aromatic N) is 1. The summed E-state index contributed by atoms with van der Waals surface area (Å²) < 4.78 is 44.0. The lowest BCUT2D eigenvalue weighted by molar-refractivity contribution is -0.286. The van der Waals surface area contributed by atoms with Crippen LogP contribution in [0.15, 0.2) is 96.1 Å². The number of benzene rings is 2. The monoisotopic (exact) mass is 1190 g/mol. The Morgan fingerprint density at radius 2 is 1.49 bits per heavy atom. The van der Waals surface area contributed by atoms with Crippen molar-refractivity contribution in [3.8, 4) is 11.1 Å². The van der Waals surface area contributed by atoms with Gasteiger partial charge in [0.1, 0.15) is 47.4 Å². The highest BCUT2D eigenvalue weighted by molar-refractivity contribution is 6.39. The van der Waals surface area contributed by atoms with E-state index in [4.69, 9.17) is 33.2 Å². The van der Waals surface area contributed by atoms with Crippen LogP contribution in [-0.2, 0) is 72.5 Å². The maximum atomic E-state index is 14.8. The summed E-state index contributed by atoms with van der Waals surface area (Å²) in [4.78, 5) is 99.9. The third-order valence-corrected chi connectivity index (χ3v) is 19.2. The summed E-state index contributed by atoms with van der Waals surface area (Å²) >= 11 is 0. The fourth-order valence-electron chi connectivity index (χ4n) is 13.7. The zero-order valence-electron chi connectivity index (χ0n) is 51.9. The van der Waals surface area contributed by atoms with Crippen molar-refractivity contribution in [3.05, 3.63) is 107 Å². The maximum absolute atomic E-state index is 14.8. The van der Waals surface area contributed by atoms with E-state index in [9.17, 15) is 43.8 Å². The number of amides is 1. The Kier molecular flexibility index (Phi) is 22.0. The molecule has 4 fully saturated rings. The average molecular weight is 1190 g/mol. The summed E-state index contributed by atoms with van der Waals surface area (Å²) in [6.45, 7) is 14.3. The Morgan fingerprint density at radius 3 is 2.14 bits per heavy atom. The molecule has 17 nitrogen and oxygen atoms in total. The first-order valence-corrected chi connectivity index (χ1v) is 31.1. The highest BCUT2D eigenvalue weighted by Crippen LogP contribution is 2.53. The minimum absolute atomic E-state index is 0.0371. The highest BCUT2D eigenvalue weighted by atomic mass is 16.7. The number of aldehydes is 1. The van der Waals surface area contributed by atoms with Gasteiger partial charge in [0.15, 0.2) is 0 Å². The van der Waals surface area contributed by atoms with Crippen molar-refractivity contribution in [1.29, 1.82) is 0 Å². The maximum Gasteiger partial charge on any atom is 0.329 e. The lowest BCUT2D eigenvalue weighted by Crippen LogP contribution is -2.61. The van der Waals surface area contributed by atoms with Crippen molar-refractivity contribution in [2.24, 2.45) is 46.8 Å². The number of aliphatic hydroxyl groups is 2. The van der Waals surface area contributed by atoms with Crippen molar-refractivity contribution in [2.45, 2.75) is 187 Å². The number of rotatable bonds is 8. The number of hydrogen-bond acceptors (Lipinski definition) is 16. The summed E-state index contributed by atoms with van der Waals surface area (Å²) in [5.74, 6) is -12.0. The quantitative estimate of drug-likeness (QED) is 0.0824. The predicted octanol–water partition coefficient (Wildman–Crippen LogP) is 9.47. The first-order valence-electron chi connectivity index (χ1n) is 31.1. The van der Waals surface area contributed by atoms with Gasteiger partial charge >= 0.3 is 11.9 Å². The molecule has 86 heavy (non-hydrogen) atoms. The topological polar surface area (TPSA) is 228 Å². The molecule has 3 saturated heterocycles. The van der Waals surface area contributed by atoms with Gasteiger partial charge in [-0.3, -0.25) is 24.0 Å². The Bertz CT molecular complexity index is 2870. The van der Waals surface area contributed by atoms with Gasteiger partial charge in [-0.2, -0.15) is 0 Å². The first-order chi connectivity index (χ1) is 41.0. The number of aliphatic hydroxyl groups excluding tert-OH is 1. The van der Waals surface area contributed by atoms with E-state index >= 15 is 0 Å². The number of carbonyl (C=O) groups excluding carboxylic acids is 7. The van der Waals surface area contributed by atoms with Gasteiger partial charge in [-0.25, -0.2) is 4.79 Å². The average Bonchev–Trinajstić information content (AvgIpc) is 1.56. The molecule has 468 valence electrons. The molecular weight excluding hydrogens is 1100 g/mol. The molecule has 1 saturated carbocycles. The van der Waals surface area contributed by atoms with Crippen molar-refractivity contribution < 1.29 is 76.9 Å². The van der Waals surface area contributed by atoms with E-state index in [1.165, 1.54) is 11.0 Å². The van der Waals surface area contributed by atoms with Gasteiger partial charge in [0.25, 0.3) is 11.7 Å². The lowest BCUT2D eigenvalue weighted by atomic mass is 9.78. The highest BCUT2D eigenvalue weighted by Gasteiger charge is 2.55. The summed E-state index contributed by atoms with van der Waals surface area (Å²) in [5.41, 5.74) is 3.78. The molecular formula is C69H91NO16. The number of hydrogen-bond donors (Lipinski definition) is 2. The Balaban J connectivity index is 1.00. The Morgan fingerprint density at radius 1 is 0.814 bits per heavy atom. The fourth-order valence-corrected chi connectivity index (χ4v) is 13.7. The van der Waals surface area contributed by atoms with Gasteiger partial charge < -0.3 is 53.1 Å². The third-order valence-electron chi connectivity index (χ3n) is 19.2. The second-order valence-corrected chi connectivity index (χ2v) is 25.8. The molecule has 8 rings (SSSR count). The van der Waals surface area contributed by atoms with E-state index in [0.717, 1.165) is 27.8 Å². The summed E-state index contributed by atoms with van der Waals surface area (Å²) in [7, 11) is 3.13. The van der Waals surface area contributed by atoms with E-state index < -0.39 is 119 Å².